The molecule has 0 unspecified atom stereocenters. The fourth-order valence-corrected chi connectivity index (χ4v) is 0.865. The van der Waals surface area contributed by atoms with Gasteiger partial charge >= 0.3 is 0 Å². The van der Waals surface area contributed by atoms with Gasteiger partial charge in [-0.05, 0) is 13.3 Å². The molecule has 0 N–H and O–H groups in total. The second kappa shape index (κ2) is 2.55. The molecule has 0 spiro atoms. The van der Waals surface area contributed by atoms with E-state index in [1.54, 1.807) is 0 Å². The van der Waals surface area contributed by atoms with Crippen LogP contribution in [0.4, 0.5) is 0 Å². The molecular formula is C6H10OS. The predicted octanol–water partition coefficient (Wildman–Crippen LogP) is 1.61. The molecule has 0 aromatic rings. The van der Waals surface area contributed by atoms with Crippen LogP contribution in [0.2, 0.25) is 0 Å². The Morgan fingerprint density at radius 3 is 2.75 bits per heavy atom. The third-order valence-corrected chi connectivity index (χ3v) is 1.86. The molecule has 0 amide bonds. The first-order valence-corrected chi connectivity index (χ1v) is 3.21. The lowest BCUT2D eigenvalue weighted by Crippen LogP contribution is -2.05. The van der Waals surface area contributed by atoms with Crippen LogP contribution >= 0.6 is 12.6 Å². The molecule has 0 atom stereocenters. The molecule has 0 radical (unpaired) electrons. The standard InChI is InChI=1S/C6H10OS/c1-5-2-3-7-4-6(5)8/h8H,2-4H2,1H3. The number of ether oxygens (including phenoxy) is 1. The average Bonchev–Trinajstić information content (AvgIpc) is 1.77. The van der Waals surface area contributed by atoms with Crippen molar-refractivity contribution in [3.05, 3.63) is 10.5 Å². The van der Waals surface area contributed by atoms with Crippen LogP contribution in [0.25, 0.3) is 0 Å². The molecule has 0 saturated carbocycles. The highest BCUT2D eigenvalue weighted by molar-refractivity contribution is 7.84. The van der Waals surface area contributed by atoms with Gasteiger partial charge in [0.2, 0.25) is 0 Å². The third-order valence-electron chi connectivity index (χ3n) is 1.35. The van der Waals surface area contributed by atoms with Crippen molar-refractivity contribution in [3.8, 4) is 0 Å². The largest absolute Gasteiger partial charge is 0.376 e. The summed E-state index contributed by atoms with van der Waals surface area (Å²) in [5, 5.41) is 0. The van der Waals surface area contributed by atoms with Gasteiger partial charge in [0, 0.05) is 4.91 Å². The SMILES string of the molecule is CC1=C(S)COCC1. The van der Waals surface area contributed by atoms with Gasteiger partial charge in [0.1, 0.15) is 0 Å². The highest BCUT2D eigenvalue weighted by atomic mass is 32.1. The Bertz CT molecular complexity index is 104. The second-order valence-corrected chi connectivity index (χ2v) is 2.57. The smallest absolute Gasteiger partial charge is 0.0772 e. The van der Waals surface area contributed by atoms with Crippen molar-refractivity contribution in [2.24, 2.45) is 0 Å². The van der Waals surface area contributed by atoms with Gasteiger partial charge in [-0.2, -0.15) is 0 Å². The van der Waals surface area contributed by atoms with Gasteiger partial charge < -0.3 is 4.74 Å². The van der Waals surface area contributed by atoms with Crippen LogP contribution in [-0.2, 0) is 4.74 Å². The van der Waals surface area contributed by atoms with E-state index in [-0.39, 0.29) is 0 Å². The zero-order valence-corrected chi connectivity index (χ0v) is 5.87. The molecule has 1 aliphatic heterocycles. The molecule has 0 saturated heterocycles. The van der Waals surface area contributed by atoms with Crippen molar-refractivity contribution in [1.29, 1.82) is 0 Å². The van der Waals surface area contributed by atoms with E-state index < -0.39 is 0 Å². The van der Waals surface area contributed by atoms with Crippen LogP contribution in [0, 0.1) is 0 Å². The van der Waals surface area contributed by atoms with Gasteiger partial charge in [0.05, 0.1) is 13.2 Å². The fraction of sp³-hybridized carbons (Fsp3) is 0.667. The molecule has 1 nitrogen and oxygen atoms in total. The van der Waals surface area contributed by atoms with Crippen LogP contribution in [0.1, 0.15) is 13.3 Å². The minimum Gasteiger partial charge on any atom is -0.376 e. The van der Waals surface area contributed by atoms with Crippen molar-refractivity contribution in [3.63, 3.8) is 0 Å². The highest BCUT2D eigenvalue weighted by Gasteiger charge is 2.03. The molecule has 0 bridgehead atoms. The molecule has 1 heterocycles. The maximum Gasteiger partial charge on any atom is 0.0772 e. The number of hydrogen-bond donors (Lipinski definition) is 1. The van der Waals surface area contributed by atoms with Crippen molar-refractivity contribution < 1.29 is 4.74 Å². The second-order valence-electron chi connectivity index (χ2n) is 2.03. The Kier molecular flexibility index (Phi) is 1.97. The monoisotopic (exact) mass is 130 g/mol. The molecule has 0 aromatic heterocycles. The van der Waals surface area contributed by atoms with E-state index in [9.17, 15) is 0 Å². The Hall–Kier alpha value is 0.0500. The van der Waals surface area contributed by atoms with Crippen LogP contribution in [0.5, 0.6) is 0 Å². The molecule has 46 valence electrons. The summed E-state index contributed by atoms with van der Waals surface area (Å²) in [6, 6.07) is 0. The van der Waals surface area contributed by atoms with Crippen molar-refractivity contribution in [2.75, 3.05) is 13.2 Å². The zero-order valence-electron chi connectivity index (χ0n) is 4.98. The van der Waals surface area contributed by atoms with E-state index in [4.69, 9.17) is 4.74 Å². The molecule has 8 heavy (non-hydrogen) atoms. The van der Waals surface area contributed by atoms with Gasteiger partial charge in [-0.1, -0.05) is 5.57 Å². The molecular weight excluding hydrogens is 120 g/mol. The lowest BCUT2D eigenvalue weighted by Gasteiger charge is -2.13. The summed E-state index contributed by atoms with van der Waals surface area (Å²) in [5.41, 5.74) is 1.37. The van der Waals surface area contributed by atoms with Gasteiger partial charge in [0.15, 0.2) is 0 Å². The molecule has 0 fully saturated rings. The Morgan fingerprint density at radius 2 is 2.38 bits per heavy atom. The first-order chi connectivity index (χ1) is 3.80. The molecule has 0 aromatic carbocycles. The minimum absolute atomic E-state index is 0.717. The summed E-state index contributed by atoms with van der Waals surface area (Å²) in [6.07, 6.45) is 1.05. The quantitative estimate of drug-likeness (QED) is 0.490. The lowest BCUT2D eigenvalue weighted by molar-refractivity contribution is 0.152. The predicted molar refractivity (Wildman–Crippen MR) is 37.1 cm³/mol. The third kappa shape index (κ3) is 1.26. The minimum atomic E-state index is 0.717. The molecule has 0 aliphatic carbocycles. The van der Waals surface area contributed by atoms with E-state index in [0.717, 1.165) is 24.5 Å². The zero-order chi connectivity index (χ0) is 5.98. The Morgan fingerprint density at radius 1 is 1.62 bits per heavy atom. The van der Waals surface area contributed by atoms with Crippen LogP contribution in [-0.4, -0.2) is 13.2 Å². The first-order valence-electron chi connectivity index (χ1n) is 2.76. The summed E-state index contributed by atoms with van der Waals surface area (Å²) >= 11 is 4.21. The van der Waals surface area contributed by atoms with E-state index in [2.05, 4.69) is 19.6 Å². The summed E-state index contributed by atoms with van der Waals surface area (Å²) in [7, 11) is 0. The van der Waals surface area contributed by atoms with E-state index >= 15 is 0 Å². The van der Waals surface area contributed by atoms with Crippen molar-refractivity contribution in [2.45, 2.75) is 13.3 Å². The lowest BCUT2D eigenvalue weighted by atomic mass is 10.2. The molecule has 1 aliphatic rings. The topological polar surface area (TPSA) is 9.23 Å². The normalized spacial score (nSPS) is 21.8. The Labute approximate surface area is 55.1 Å². The van der Waals surface area contributed by atoms with E-state index in [0.29, 0.717) is 0 Å². The summed E-state index contributed by atoms with van der Waals surface area (Å²) < 4.78 is 5.12. The van der Waals surface area contributed by atoms with Crippen LogP contribution in [0.3, 0.4) is 0 Å². The highest BCUT2D eigenvalue weighted by Crippen LogP contribution is 2.16. The molecule has 2 heteroatoms. The van der Waals surface area contributed by atoms with Crippen LogP contribution in [0.15, 0.2) is 10.5 Å². The molecule has 1 rings (SSSR count). The number of rotatable bonds is 0. The van der Waals surface area contributed by atoms with E-state index in [1.165, 1.54) is 5.57 Å². The summed E-state index contributed by atoms with van der Waals surface area (Å²) in [4.78, 5) is 1.11. The van der Waals surface area contributed by atoms with Gasteiger partial charge in [0.25, 0.3) is 0 Å². The number of thiol groups is 1. The van der Waals surface area contributed by atoms with Gasteiger partial charge in [-0.3, -0.25) is 0 Å². The fourth-order valence-electron chi connectivity index (χ4n) is 0.662. The maximum absolute atomic E-state index is 5.12. The van der Waals surface area contributed by atoms with Crippen molar-refractivity contribution >= 4 is 12.6 Å². The number of hydrogen-bond acceptors (Lipinski definition) is 2. The summed E-state index contributed by atoms with van der Waals surface area (Å²) in [5.74, 6) is 0. The van der Waals surface area contributed by atoms with E-state index in [1.807, 2.05) is 0 Å². The summed E-state index contributed by atoms with van der Waals surface area (Å²) in [6.45, 7) is 3.69. The van der Waals surface area contributed by atoms with Crippen molar-refractivity contribution in [1.82, 2.24) is 0 Å². The Balaban J connectivity index is 2.60. The van der Waals surface area contributed by atoms with Gasteiger partial charge in [-0.15, -0.1) is 12.6 Å². The van der Waals surface area contributed by atoms with Crippen LogP contribution < -0.4 is 0 Å². The van der Waals surface area contributed by atoms with Gasteiger partial charge in [-0.25, -0.2) is 0 Å². The average molecular weight is 130 g/mol. The maximum atomic E-state index is 5.12. The first kappa shape index (κ1) is 6.17.